The molecule has 0 unspecified atom stereocenters. The Hall–Kier alpha value is -5.21. The highest BCUT2D eigenvalue weighted by atomic mass is 19.1. The lowest BCUT2D eigenvalue weighted by atomic mass is 9.95. The predicted molar refractivity (Wildman–Crippen MR) is 122 cm³/mol. The number of imide groups is 1. The highest BCUT2D eigenvalue weighted by Gasteiger charge is 2.53. The summed E-state index contributed by atoms with van der Waals surface area (Å²) in [6.07, 6.45) is 0.928. The molecule has 13 nitrogen and oxygen atoms in total. The number of amides is 4. The molecule has 0 aliphatic carbocycles. The number of fused-ring (bicyclic) bond motifs is 2. The number of urea groups is 1. The van der Waals surface area contributed by atoms with Gasteiger partial charge in [0.25, 0.3) is 11.8 Å². The molecular formula is C23H16F2N6O7. The van der Waals surface area contributed by atoms with Gasteiger partial charge in [-0.2, -0.15) is 0 Å². The van der Waals surface area contributed by atoms with Crippen LogP contribution in [0.1, 0.15) is 21.7 Å². The maximum Gasteiger partial charge on any atom is 0.334 e. The maximum absolute atomic E-state index is 14.8. The van der Waals surface area contributed by atoms with E-state index < -0.39 is 59.0 Å². The molecule has 0 radical (unpaired) electrons. The third kappa shape index (κ3) is 3.24. The SMILES string of the molecule is COc1ccc2c(c1F)C(=O)N(C[C@@]1(c3cc4nc(-n5cc(O)[nH]c5=O)c(F)cc4o3)NC(=O)NC1=O)C2. The van der Waals surface area contributed by atoms with E-state index in [2.05, 4.69) is 20.6 Å². The first kappa shape index (κ1) is 23.2. The Morgan fingerprint density at radius 1 is 1.21 bits per heavy atom. The number of carbonyl (C=O) groups is 3. The van der Waals surface area contributed by atoms with Crippen molar-refractivity contribution >= 4 is 28.9 Å². The monoisotopic (exact) mass is 526 g/mol. The Labute approximate surface area is 209 Å². The number of methoxy groups -OCH3 is 1. The molecule has 3 aromatic heterocycles. The van der Waals surface area contributed by atoms with Crippen molar-refractivity contribution in [3.05, 3.63) is 69.5 Å². The van der Waals surface area contributed by atoms with Crippen molar-refractivity contribution in [1.29, 1.82) is 0 Å². The number of ether oxygens (including phenoxy) is 1. The fourth-order valence-electron chi connectivity index (χ4n) is 4.67. The molecule has 1 saturated heterocycles. The van der Waals surface area contributed by atoms with Crippen LogP contribution in [0.25, 0.3) is 16.9 Å². The van der Waals surface area contributed by atoms with E-state index in [1.165, 1.54) is 25.3 Å². The number of benzene rings is 1. The number of H-pyrrole nitrogens is 1. The number of nitrogens with zero attached hydrogens (tertiary/aromatic N) is 3. The number of pyridine rings is 1. The van der Waals surface area contributed by atoms with Crippen molar-refractivity contribution in [3.8, 4) is 17.4 Å². The zero-order chi connectivity index (χ0) is 26.9. The van der Waals surface area contributed by atoms with Gasteiger partial charge in [-0.25, -0.2) is 27.9 Å². The van der Waals surface area contributed by atoms with Crippen LogP contribution < -0.4 is 21.1 Å². The molecule has 15 heteroatoms. The van der Waals surface area contributed by atoms with Gasteiger partial charge in [-0.3, -0.25) is 19.9 Å². The first-order valence-electron chi connectivity index (χ1n) is 11.0. The number of nitrogens with one attached hydrogen (secondary N) is 3. The Bertz CT molecular complexity index is 1760. The molecule has 1 atom stereocenters. The zero-order valence-electron chi connectivity index (χ0n) is 19.3. The number of rotatable bonds is 5. The predicted octanol–water partition coefficient (Wildman–Crippen LogP) is 0.990. The van der Waals surface area contributed by atoms with Crippen LogP contribution in [-0.2, 0) is 16.9 Å². The Morgan fingerprint density at radius 2 is 2.00 bits per heavy atom. The lowest BCUT2D eigenvalue weighted by Crippen LogP contribution is -2.52. The van der Waals surface area contributed by atoms with E-state index in [9.17, 15) is 33.1 Å². The number of imidazole rings is 1. The summed E-state index contributed by atoms with van der Waals surface area (Å²) in [4.78, 5) is 57.7. The maximum atomic E-state index is 14.8. The summed E-state index contributed by atoms with van der Waals surface area (Å²) in [6, 6.07) is 4.18. The molecule has 4 amide bonds. The standard InChI is InChI=1S/C23H16F2N6O7/c1-37-12-3-2-9-6-30(19(33)16(9)17(12)25)8-23(20(34)28-21(35)29-23)14-5-11-13(38-14)4-10(24)18(26-11)31-7-15(32)27-22(31)36/h2-5,7,32H,6,8H2,1H3,(H,27,36)(H2,28,29,34,35)/t23-/m0/s1. The van der Waals surface area contributed by atoms with E-state index >= 15 is 0 Å². The van der Waals surface area contributed by atoms with Crippen LogP contribution in [0.4, 0.5) is 13.6 Å². The van der Waals surface area contributed by atoms with Crippen molar-refractivity contribution in [2.45, 2.75) is 12.1 Å². The van der Waals surface area contributed by atoms with Crippen LogP contribution in [0.5, 0.6) is 11.6 Å². The molecule has 194 valence electrons. The van der Waals surface area contributed by atoms with Gasteiger partial charge in [0, 0.05) is 18.7 Å². The highest BCUT2D eigenvalue weighted by Crippen LogP contribution is 2.36. The van der Waals surface area contributed by atoms with Crippen LogP contribution in [0.15, 0.2) is 39.7 Å². The van der Waals surface area contributed by atoms with Gasteiger partial charge in [0.15, 0.2) is 34.3 Å². The topological polar surface area (TPSA) is 172 Å². The van der Waals surface area contributed by atoms with Crippen molar-refractivity contribution in [1.82, 2.24) is 30.1 Å². The molecule has 1 aromatic carbocycles. The van der Waals surface area contributed by atoms with Gasteiger partial charge in [0.2, 0.25) is 5.88 Å². The van der Waals surface area contributed by atoms with Gasteiger partial charge < -0.3 is 24.5 Å². The van der Waals surface area contributed by atoms with Crippen LogP contribution in [0.3, 0.4) is 0 Å². The van der Waals surface area contributed by atoms with E-state index in [4.69, 9.17) is 9.15 Å². The van der Waals surface area contributed by atoms with Crippen LogP contribution in [-0.4, -0.2) is 56.0 Å². The molecule has 0 bridgehead atoms. The van der Waals surface area contributed by atoms with Gasteiger partial charge in [-0.1, -0.05) is 6.07 Å². The molecule has 1 fully saturated rings. The minimum absolute atomic E-state index is 0.00382. The summed E-state index contributed by atoms with van der Waals surface area (Å²) in [5.41, 5.74) is -2.81. The average molecular weight is 526 g/mol. The Morgan fingerprint density at radius 3 is 2.66 bits per heavy atom. The summed E-state index contributed by atoms with van der Waals surface area (Å²) < 4.78 is 41.0. The highest BCUT2D eigenvalue weighted by molar-refractivity contribution is 6.08. The number of aromatic nitrogens is 3. The van der Waals surface area contributed by atoms with E-state index in [-0.39, 0.29) is 34.7 Å². The first-order chi connectivity index (χ1) is 18.1. The van der Waals surface area contributed by atoms with Crippen LogP contribution >= 0.6 is 0 Å². The van der Waals surface area contributed by atoms with E-state index in [0.29, 0.717) is 5.56 Å². The molecule has 38 heavy (non-hydrogen) atoms. The van der Waals surface area contributed by atoms with E-state index in [0.717, 1.165) is 21.7 Å². The molecule has 0 saturated carbocycles. The number of furan rings is 1. The molecule has 6 rings (SSSR count). The van der Waals surface area contributed by atoms with Crippen molar-refractivity contribution in [3.63, 3.8) is 0 Å². The molecule has 5 heterocycles. The second-order valence-electron chi connectivity index (χ2n) is 8.69. The number of hydrogen-bond donors (Lipinski definition) is 4. The molecule has 2 aliphatic heterocycles. The number of halogens is 2. The van der Waals surface area contributed by atoms with Gasteiger partial charge >= 0.3 is 11.7 Å². The lowest BCUT2D eigenvalue weighted by Gasteiger charge is -2.28. The smallest absolute Gasteiger partial charge is 0.334 e. The summed E-state index contributed by atoms with van der Waals surface area (Å²) in [7, 11) is 1.26. The fraction of sp³-hybridized carbons (Fsp3) is 0.174. The van der Waals surface area contributed by atoms with E-state index in [1.807, 2.05) is 0 Å². The fourth-order valence-corrected chi connectivity index (χ4v) is 4.67. The third-order valence-corrected chi connectivity index (χ3v) is 6.44. The largest absolute Gasteiger partial charge is 0.494 e. The van der Waals surface area contributed by atoms with E-state index in [1.54, 1.807) is 0 Å². The minimum Gasteiger partial charge on any atom is -0.494 e. The summed E-state index contributed by atoms with van der Waals surface area (Å²) in [5, 5.41) is 14.1. The minimum atomic E-state index is -1.96. The molecule has 0 spiro atoms. The van der Waals surface area contributed by atoms with Gasteiger partial charge in [0.05, 0.1) is 25.4 Å². The quantitative estimate of drug-likeness (QED) is 0.279. The number of aromatic hydroxyl groups is 1. The van der Waals surface area contributed by atoms with Gasteiger partial charge in [0.1, 0.15) is 11.3 Å². The molecule has 2 aliphatic rings. The number of aromatic amines is 1. The van der Waals surface area contributed by atoms with Crippen LogP contribution in [0.2, 0.25) is 0 Å². The molecule has 4 aromatic rings. The number of hydrogen-bond acceptors (Lipinski definition) is 8. The Kier molecular flexibility index (Phi) is 4.82. The lowest BCUT2D eigenvalue weighted by molar-refractivity contribution is -0.125. The van der Waals surface area contributed by atoms with Crippen LogP contribution in [0, 0.1) is 11.6 Å². The summed E-state index contributed by atoms with van der Waals surface area (Å²) in [5.74, 6) is -4.73. The van der Waals surface area contributed by atoms with Crippen molar-refractivity contribution < 1.29 is 37.4 Å². The summed E-state index contributed by atoms with van der Waals surface area (Å²) >= 11 is 0. The third-order valence-electron chi connectivity index (χ3n) is 6.44. The van der Waals surface area contributed by atoms with Crippen molar-refractivity contribution in [2.75, 3.05) is 13.7 Å². The normalized spacial score (nSPS) is 18.7. The molecular weight excluding hydrogens is 510 g/mol. The molecule has 4 N–H and O–H groups in total. The average Bonchev–Trinajstić information content (AvgIpc) is 3.58. The second-order valence-corrected chi connectivity index (χ2v) is 8.69. The van der Waals surface area contributed by atoms with Gasteiger partial charge in [-0.15, -0.1) is 0 Å². The summed E-state index contributed by atoms with van der Waals surface area (Å²) in [6.45, 7) is -0.530. The first-order valence-corrected chi connectivity index (χ1v) is 11.0. The van der Waals surface area contributed by atoms with Gasteiger partial charge in [-0.05, 0) is 11.6 Å². The van der Waals surface area contributed by atoms with Crippen molar-refractivity contribution in [2.24, 2.45) is 0 Å². The number of carbonyl (C=O) groups excluding carboxylic acids is 3. The second kappa shape index (κ2) is 7.89. The zero-order valence-corrected chi connectivity index (χ0v) is 19.3. The Balaban J connectivity index is 1.42.